The number of hydrazine groups is 1. The highest BCUT2D eigenvalue weighted by atomic mass is 32.1. The highest BCUT2D eigenvalue weighted by Crippen LogP contribution is 2.11. The summed E-state index contributed by atoms with van der Waals surface area (Å²) in [5, 5.41) is 7.09. The zero-order chi connectivity index (χ0) is 10.4. The molecule has 0 aliphatic heterocycles. The molecule has 0 amide bonds. The average molecular weight is 212 g/mol. The van der Waals surface area contributed by atoms with E-state index in [2.05, 4.69) is 29.6 Å². The van der Waals surface area contributed by atoms with E-state index in [4.69, 9.17) is 5.84 Å². The Morgan fingerprint density at radius 2 is 2.43 bits per heavy atom. The van der Waals surface area contributed by atoms with E-state index < -0.39 is 0 Å². The van der Waals surface area contributed by atoms with Crippen LogP contribution in [0.5, 0.6) is 0 Å². The van der Waals surface area contributed by atoms with Crippen molar-refractivity contribution in [1.82, 2.24) is 5.43 Å². The lowest BCUT2D eigenvalue weighted by molar-refractivity contribution is 0.663. The Morgan fingerprint density at radius 3 is 2.93 bits per heavy atom. The lowest BCUT2D eigenvalue weighted by atomic mass is 10.2. The van der Waals surface area contributed by atoms with Crippen molar-refractivity contribution in [2.75, 3.05) is 11.9 Å². The molecule has 0 aliphatic carbocycles. The first-order chi connectivity index (χ1) is 6.72. The summed E-state index contributed by atoms with van der Waals surface area (Å²) in [6.07, 6.45) is 0. The lowest BCUT2D eigenvalue weighted by Gasteiger charge is -2.08. The molecule has 4 nitrogen and oxygen atoms in total. The summed E-state index contributed by atoms with van der Waals surface area (Å²) < 4.78 is 0. The van der Waals surface area contributed by atoms with Crippen molar-refractivity contribution in [2.45, 2.75) is 13.8 Å². The molecule has 0 radical (unpaired) electrons. The van der Waals surface area contributed by atoms with Gasteiger partial charge >= 0.3 is 0 Å². The van der Waals surface area contributed by atoms with Crippen LogP contribution in [0.4, 0.5) is 5.69 Å². The van der Waals surface area contributed by atoms with Gasteiger partial charge < -0.3 is 5.32 Å². The van der Waals surface area contributed by atoms with Crippen molar-refractivity contribution >= 4 is 23.0 Å². The van der Waals surface area contributed by atoms with Gasteiger partial charge in [0.1, 0.15) is 0 Å². The molecule has 0 aromatic carbocycles. The topological polar surface area (TPSA) is 62.4 Å². The lowest BCUT2D eigenvalue weighted by Crippen LogP contribution is -2.36. The molecule has 4 N–H and O–H groups in total. The van der Waals surface area contributed by atoms with Gasteiger partial charge in [-0.1, -0.05) is 13.8 Å². The summed E-state index contributed by atoms with van der Waals surface area (Å²) in [5.74, 6) is 6.47. The minimum absolute atomic E-state index is 0.530. The molecule has 78 valence electrons. The van der Waals surface area contributed by atoms with Crippen LogP contribution < -0.4 is 16.6 Å². The number of hydrogen-bond donors (Lipinski definition) is 3. The number of thiophene rings is 1. The Balaban J connectivity index is 2.50. The van der Waals surface area contributed by atoms with Crippen LogP contribution in [-0.2, 0) is 0 Å². The molecule has 0 bridgehead atoms. The van der Waals surface area contributed by atoms with Crippen LogP contribution in [0.25, 0.3) is 0 Å². The SMILES string of the molecule is CC(C)CN=C(NN)Nc1ccsc1. The van der Waals surface area contributed by atoms with Crippen LogP contribution >= 0.6 is 11.3 Å². The molecule has 1 aromatic rings. The fraction of sp³-hybridized carbons (Fsp3) is 0.444. The molecule has 1 heterocycles. The summed E-state index contributed by atoms with van der Waals surface area (Å²) >= 11 is 1.63. The van der Waals surface area contributed by atoms with Gasteiger partial charge in [0.05, 0.1) is 5.69 Å². The van der Waals surface area contributed by atoms with Gasteiger partial charge in [-0.05, 0) is 17.4 Å². The molecule has 14 heavy (non-hydrogen) atoms. The van der Waals surface area contributed by atoms with Gasteiger partial charge in [0.15, 0.2) is 0 Å². The van der Waals surface area contributed by atoms with Crippen molar-refractivity contribution in [3.8, 4) is 0 Å². The predicted octanol–water partition coefficient (Wildman–Crippen LogP) is 1.64. The number of nitrogens with two attached hydrogens (primary N) is 1. The Labute approximate surface area is 88.2 Å². The maximum absolute atomic E-state index is 5.34. The van der Waals surface area contributed by atoms with Crippen molar-refractivity contribution < 1.29 is 0 Å². The quantitative estimate of drug-likeness (QED) is 0.309. The summed E-state index contributed by atoms with van der Waals surface area (Å²) in [6.45, 7) is 4.99. The predicted molar refractivity (Wildman–Crippen MR) is 62.4 cm³/mol. The maximum Gasteiger partial charge on any atom is 0.210 e. The van der Waals surface area contributed by atoms with Crippen LogP contribution in [0, 0.1) is 5.92 Å². The van der Waals surface area contributed by atoms with Gasteiger partial charge in [0.2, 0.25) is 5.96 Å². The van der Waals surface area contributed by atoms with Crippen LogP contribution in [-0.4, -0.2) is 12.5 Å². The molecular weight excluding hydrogens is 196 g/mol. The van der Waals surface area contributed by atoms with Gasteiger partial charge in [0.25, 0.3) is 0 Å². The monoisotopic (exact) mass is 212 g/mol. The first-order valence-corrected chi connectivity index (χ1v) is 5.47. The van der Waals surface area contributed by atoms with Crippen LogP contribution in [0.2, 0.25) is 0 Å². The third kappa shape index (κ3) is 3.76. The molecule has 0 saturated heterocycles. The zero-order valence-corrected chi connectivity index (χ0v) is 9.27. The van der Waals surface area contributed by atoms with E-state index in [1.165, 1.54) is 0 Å². The molecule has 0 unspecified atom stereocenters. The Kier molecular flexibility index (Phi) is 4.42. The van der Waals surface area contributed by atoms with E-state index in [1.807, 2.05) is 16.8 Å². The van der Waals surface area contributed by atoms with E-state index in [-0.39, 0.29) is 0 Å². The molecule has 1 aromatic heterocycles. The van der Waals surface area contributed by atoms with E-state index >= 15 is 0 Å². The Bertz CT molecular complexity index is 279. The Hall–Kier alpha value is -1.07. The first kappa shape index (κ1) is 11.0. The summed E-state index contributed by atoms with van der Waals surface area (Å²) in [7, 11) is 0. The van der Waals surface area contributed by atoms with Crippen molar-refractivity contribution in [3.63, 3.8) is 0 Å². The van der Waals surface area contributed by atoms with E-state index in [9.17, 15) is 0 Å². The van der Waals surface area contributed by atoms with E-state index in [1.54, 1.807) is 11.3 Å². The van der Waals surface area contributed by atoms with Gasteiger partial charge in [-0.15, -0.1) is 0 Å². The molecule has 1 rings (SSSR count). The van der Waals surface area contributed by atoms with Crippen molar-refractivity contribution in [2.24, 2.45) is 16.8 Å². The molecular formula is C9H16N4S. The second-order valence-corrected chi connectivity index (χ2v) is 4.14. The summed E-state index contributed by atoms with van der Waals surface area (Å²) in [5.41, 5.74) is 3.55. The number of hydrogen-bond acceptors (Lipinski definition) is 3. The van der Waals surface area contributed by atoms with Gasteiger partial charge in [0, 0.05) is 11.9 Å². The van der Waals surface area contributed by atoms with Gasteiger partial charge in [-0.3, -0.25) is 10.4 Å². The average Bonchev–Trinajstić information content (AvgIpc) is 2.64. The third-order valence-corrected chi connectivity index (χ3v) is 2.22. The molecule has 0 atom stereocenters. The minimum atomic E-state index is 0.530. The van der Waals surface area contributed by atoms with Crippen molar-refractivity contribution in [1.29, 1.82) is 0 Å². The summed E-state index contributed by atoms with van der Waals surface area (Å²) in [6, 6.07) is 1.98. The third-order valence-electron chi connectivity index (χ3n) is 1.54. The largest absolute Gasteiger partial charge is 0.325 e. The number of rotatable bonds is 3. The normalized spacial score (nSPS) is 11.9. The van der Waals surface area contributed by atoms with Crippen LogP contribution in [0.3, 0.4) is 0 Å². The molecule has 0 spiro atoms. The zero-order valence-electron chi connectivity index (χ0n) is 8.45. The van der Waals surface area contributed by atoms with Gasteiger partial charge in [-0.2, -0.15) is 11.3 Å². The smallest absolute Gasteiger partial charge is 0.210 e. The van der Waals surface area contributed by atoms with Crippen molar-refractivity contribution in [3.05, 3.63) is 16.8 Å². The number of aliphatic imine (C=N–C) groups is 1. The second kappa shape index (κ2) is 5.62. The number of guanidine groups is 1. The highest BCUT2D eigenvalue weighted by Gasteiger charge is 1.98. The standard InChI is InChI=1S/C9H16N4S/c1-7(2)5-11-9(13-10)12-8-3-4-14-6-8/h3-4,6-7H,5,10H2,1-2H3,(H2,11,12,13). The van der Waals surface area contributed by atoms with E-state index in [0.29, 0.717) is 11.9 Å². The van der Waals surface area contributed by atoms with E-state index in [0.717, 1.165) is 12.2 Å². The van der Waals surface area contributed by atoms with Crippen LogP contribution in [0.15, 0.2) is 21.8 Å². The number of nitrogens with zero attached hydrogens (tertiary/aromatic N) is 1. The highest BCUT2D eigenvalue weighted by molar-refractivity contribution is 7.08. The fourth-order valence-electron chi connectivity index (χ4n) is 0.867. The van der Waals surface area contributed by atoms with Crippen LogP contribution in [0.1, 0.15) is 13.8 Å². The van der Waals surface area contributed by atoms with Gasteiger partial charge in [-0.25, -0.2) is 5.84 Å². The minimum Gasteiger partial charge on any atom is -0.325 e. The fourth-order valence-corrected chi connectivity index (χ4v) is 1.46. The summed E-state index contributed by atoms with van der Waals surface area (Å²) in [4.78, 5) is 4.29. The first-order valence-electron chi connectivity index (χ1n) is 4.52. The molecule has 0 saturated carbocycles. The molecule has 5 heteroatoms. The Morgan fingerprint density at radius 1 is 1.64 bits per heavy atom. The molecule has 0 aliphatic rings. The molecule has 0 fully saturated rings. The maximum atomic E-state index is 5.34. The number of anilines is 1. The number of nitrogens with one attached hydrogen (secondary N) is 2. The second-order valence-electron chi connectivity index (χ2n) is 3.36.